The summed E-state index contributed by atoms with van der Waals surface area (Å²) < 4.78 is 4.35. The molecular formula is C13H9Br6O3P. The fourth-order valence-electron chi connectivity index (χ4n) is 2.11. The number of halogens is 6. The van der Waals surface area contributed by atoms with Gasteiger partial charge in [-0.3, -0.25) is 0 Å². The third kappa shape index (κ3) is 4.49. The van der Waals surface area contributed by atoms with Crippen LogP contribution >= 0.6 is 104 Å². The van der Waals surface area contributed by atoms with Gasteiger partial charge < -0.3 is 0 Å². The summed E-state index contributed by atoms with van der Waals surface area (Å²) in [6.07, 6.45) is 0. The first-order chi connectivity index (χ1) is 10.6. The van der Waals surface area contributed by atoms with Gasteiger partial charge in [-0.25, -0.2) is 0 Å². The molecule has 0 aliphatic carbocycles. The van der Waals surface area contributed by atoms with E-state index >= 15 is 0 Å². The average Bonchev–Trinajstić information content (AvgIpc) is 2.46. The van der Waals surface area contributed by atoms with Gasteiger partial charge in [0.25, 0.3) is 0 Å². The molecule has 0 fully saturated rings. The van der Waals surface area contributed by atoms with E-state index in [0.717, 1.165) is 17.9 Å². The van der Waals surface area contributed by atoms with Crippen LogP contribution in [0.2, 0.25) is 0 Å². The Morgan fingerprint density at radius 1 is 0.609 bits per heavy atom. The van der Waals surface area contributed by atoms with E-state index < -0.39 is 13.6 Å². The van der Waals surface area contributed by atoms with Crippen molar-refractivity contribution in [3.63, 3.8) is 0 Å². The van der Waals surface area contributed by atoms with E-state index in [1.165, 1.54) is 0 Å². The molecule has 0 atom stereocenters. The maximum atomic E-state index is 10.1. The molecule has 2 aromatic carbocycles. The molecule has 2 rings (SSSR count). The van der Waals surface area contributed by atoms with Crippen molar-refractivity contribution in [3.05, 3.63) is 62.2 Å². The second-order valence-corrected chi connectivity index (χ2v) is 11.5. The molecule has 126 valence electrons. The van der Waals surface area contributed by atoms with Crippen LogP contribution in [0, 0.1) is 0 Å². The fourth-order valence-corrected chi connectivity index (χ4v) is 6.92. The molecule has 0 amide bonds. The molecule has 0 saturated carbocycles. The molecule has 0 heterocycles. The first kappa shape index (κ1) is 20.9. The van der Waals surface area contributed by atoms with Crippen molar-refractivity contribution in [3.8, 4) is 0 Å². The summed E-state index contributed by atoms with van der Waals surface area (Å²) in [6, 6.07) is 7.02. The van der Waals surface area contributed by atoms with Gasteiger partial charge in [0.05, 0.1) is 0 Å². The van der Waals surface area contributed by atoms with E-state index in [-0.39, 0.29) is 0 Å². The van der Waals surface area contributed by atoms with Crippen LogP contribution < -0.4 is 0 Å². The van der Waals surface area contributed by atoms with Crippen LogP contribution in [0.15, 0.2) is 51.1 Å². The number of rotatable bonds is 3. The summed E-state index contributed by atoms with van der Waals surface area (Å²) in [5, 5.41) is 0. The second-order valence-electron chi connectivity index (χ2n) is 4.65. The van der Waals surface area contributed by atoms with Crippen LogP contribution in [-0.2, 0) is 0 Å². The van der Waals surface area contributed by atoms with E-state index in [2.05, 4.69) is 95.6 Å². The topological polar surface area (TPSA) is 60.7 Å². The van der Waals surface area contributed by atoms with Gasteiger partial charge in [-0.05, 0) is 0 Å². The Balaban J connectivity index is 2.75. The van der Waals surface area contributed by atoms with Crippen LogP contribution in [-0.4, -0.2) is 14.7 Å². The SMILES string of the molecule is O[PH](O)(O)C(c1ccc(Br)c(Br)c1Br)c1ccc(Br)c(Br)c1Br. The summed E-state index contributed by atoms with van der Waals surface area (Å²) in [5.41, 5.74) is 0.156. The fraction of sp³-hybridized carbons (Fsp3) is 0.0769. The number of hydrogen-bond acceptors (Lipinski definition) is 3. The molecule has 0 spiro atoms. The monoisotopic (exact) mass is 718 g/mol. The number of benzene rings is 2. The zero-order valence-electron chi connectivity index (χ0n) is 11.0. The molecule has 10 heteroatoms. The number of hydrogen-bond donors (Lipinski definition) is 3. The Kier molecular flexibility index (Phi) is 7.38. The molecule has 0 saturated heterocycles. The third-order valence-electron chi connectivity index (χ3n) is 3.14. The van der Waals surface area contributed by atoms with Crippen molar-refractivity contribution in [2.45, 2.75) is 5.66 Å². The second kappa shape index (κ2) is 8.11. The Hall–Kier alpha value is 1.63. The van der Waals surface area contributed by atoms with Gasteiger partial charge in [0, 0.05) is 0 Å². The van der Waals surface area contributed by atoms with Crippen LogP contribution in [0.3, 0.4) is 0 Å². The molecule has 0 bridgehead atoms. The molecule has 3 nitrogen and oxygen atoms in total. The van der Waals surface area contributed by atoms with E-state index in [1.807, 2.05) is 0 Å². The van der Waals surface area contributed by atoms with E-state index in [9.17, 15) is 14.7 Å². The molecule has 2 aromatic rings. The van der Waals surface area contributed by atoms with Gasteiger partial charge in [-0.15, -0.1) is 0 Å². The van der Waals surface area contributed by atoms with Crippen molar-refractivity contribution in [1.82, 2.24) is 0 Å². The summed E-state index contributed by atoms with van der Waals surface area (Å²) in [5.74, 6) is 0. The van der Waals surface area contributed by atoms with E-state index in [1.54, 1.807) is 24.3 Å². The first-order valence-corrected chi connectivity index (χ1v) is 12.7. The normalized spacial score (nSPS) is 12.8. The Morgan fingerprint density at radius 3 is 1.26 bits per heavy atom. The van der Waals surface area contributed by atoms with Crippen molar-refractivity contribution >= 4 is 104 Å². The molecule has 0 aliphatic rings. The van der Waals surface area contributed by atoms with Gasteiger partial charge in [0.1, 0.15) is 0 Å². The third-order valence-corrected chi connectivity index (χ3v) is 11.3. The molecule has 23 heavy (non-hydrogen) atoms. The summed E-state index contributed by atoms with van der Waals surface area (Å²) in [4.78, 5) is 30.3. The molecule has 0 radical (unpaired) electrons. The van der Waals surface area contributed by atoms with Gasteiger partial charge in [-0.2, -0.15) is 0 Å². The first-order valence-electron chi connectivity index (χ1n) is 5.99. The summed E-state index contributed by atoms with van der Waals surface area (Å²) >= 11 is 20.6. The van der Waals surface area contributed by atoms with Crippen LogP contribution in [0.5, 0.6) is 0 Å². The maximum absolute atomic E-state index is 10.1. The average molecular weight is 724 g/mol. The van der Waals surface area contributed by atoms with Gasteiger partial charge in [-0.1, -0.05) is 0 Å². The van der Waals surface area contributed by atoms with Crippen LogP contribution in [0.4, 0.5) is 0 Å². The standard InChI is InChI=1S/C13H9Br6O3P/c14-7-3-1-5(9(16)11(7)18)13(23(20,21)22)6-2-4-8(15)12(19)10(6)17/h1-4,13,20-23H. The van der Waals surface area contributed by atoms with Crippen molar-refractivity contribution in [2.24, 2.45) is 0 Å². The van der Waals surface area contributed by atoms with Gasteiger partial charge >= 0.3 is 186 Å². The molecule has 0 aromatic heterocycles. The van der Waals surface area contributed by atoms with Crippen molar-refractivity contribution < 1.29 is 14.7 Å². The van der Waals surface area contributed by atoms with Crippen molar-refractivity contribution in [1.29, 1.82) is 0 Å². The zero-order valence-corrected chi connectivity index (χ0v) is 21.5. The minimum atomic E-state index is -4.54. The van der Waals surface area contributed by atoms with Gasteiger partial charge in [0.15, 0.2) is 0 Å². The van der Waals surface area contributed by atoms with E-state index in [4.69, 9.17) is 0 Å². The van der Waals surface area contributed by atoms with Crippen LogP contribution in [0.25, 0.3) is 0 Å². The minimum absolute atomic E-state index is 0.564. The van der Waals surface area contributed by atoms with Gasteiger partial charge in [0.2, 0.25) is 0 Å². The summed E-state index contributed by atoms with van der Waals surface area (Å²) in [6.45, 7) is 0. The summed E-state index contributed by atoms with van der Waals surface area (Å²) in [7, 11) is -4.54. The molecule has 0 unspecified atom stereocenters. The molecule has 0 aliphatic heterocycles. The molecule has 3 N–H and O–H groups in total. The Labute approximate surface area is 184 Å². The predicted octanol–water partition coefficient (Wildman–Crippen LogP) is 6.82. The zero-order chi connectivity index (χ0) is 17.5. The molecular weight excluding hydrogens is 715 g/mol. The Morgan fingerprint density at radius 2 is 0.957 bits per heavy atom. The van der Waals surface area contributed by atoms with Crippen molar-refractivity contribution in [2.75, 3.05) is 0 Å². The van der Waals surface area contributed by atoms with Crippen LogP contribution in [0.1, 0.15) is 16.8 Å². The predicted molar refractivity (Wildman–Crippen MR) is 116 cm³/mol. The quantitative estimate of drug-likeness (QED) is 0.241. The Bertz CT molecular complexity index is 705. The van der Waals surface area contributed by atoms with E-state index in [0.29, 0.717) is 20.1 Å².